The van der Waals surface area contributed by atoms with Gasteiger partial charge in [-0.1, -0.05) is 18.2 Å². The van der Waals surface area contributed by atoms with Gasteiger partial charge < -0.3 is 4.90 Å². The molecule has 0 saturated carbocycles. The monoisotopic (exact) mass is 358 g/mol. The molecule has 2 atom stereocenters. The lowest BCUT2D eigenvalue weighted by molar-refractivity contribution is 0.0517. The predicted molar refractivity (Wildman–Crippen MR) is 103 cm³/mol. The molecule has 1 aromatic carbocycles. The molecule has 136 valence electrons. The van der Waals surface area contributed by atoms with Gasteiger partial charge in [0.05, 0.1) is 0 Å². The topological polar surface area (TPSA) is 59.0 Å². The summed E-state index contributed by atoms with van der Waals surface area (Å²) in [6.07, 6.45) is 10.8. The van der Waals surface area contributed by atoms with Crippen molar-refractivity contribution in [2.75, 3.05) is 0 Å². The molecule has 5 rings (SSSR count). The van der Waals surface area contributed by atoms with Gasteiger partial charge >= 0.3 is 0 Å². The summed E-state index contributed by atoms with van der Waals surface area (Å²) in [6, 6.07) is 12.8. The molecule has 5 nitrogen and oxygen atoms in total. The van der Waals surface area contributed by atoms with Crippen LogP contribution in [0.15, 0.2) is 55.0 Å². The van der Waals surface area contributed by atoms with Crippen LogP contribution in [0.1, 0.15) is 41.7 Å². The minimum Gasteiger partial charge on any atom is -0.331 e. The van der Waals surface area contributed by atoms with E-state index in [9.17, 15) is 4.79 Å². The van der Waals surface area contributed by atoms with E-state index in [0.717, 1.165) is 32.1 Å². The number of hydrogen-bond donors (Lipinski definition) is 0. The third-order valence-electron chi connectivity index (χ3n) is 6.14. The van der Waals surface area contributed by atoms with Crippen molar-refractivity contribution in [1.29, 1.82) is 0 Å². The van der Waals surface area contributed by atoms with Crippen LogP contribution in [-0.4, -0.2) is 38.1 Å². The number of amides is 1. The zero-order valence-electron chi connectivity index (χ0n) is 15.2. The number of carbonyl (C=O) groups excluding carboxylic acids is 1. The first-order valence-corrected chi connectivity index (χ1v) is 9.71. The maximum Gasteiger partial charge on any atom is 0.274 e. The van der Waals surface area contributed by atoms with Crippen LogP contribution in [0.25, 0.3) is 10.8 Å². The van der Waals surface area contributed by atoms with E-state index in [4.69, 9.17) is 0 Å². The molecule has 27 heavy (non-hydrogen) atoms. The molecule has 0 radical (unpaired) electrons. The summed E-state index contributed by atoms with van der Waals surface area (Å²) in [4.78, 5) is 19.3. The number of benzene rings is 1. The number of nitrogens with zero attached hydrogens (tertiary/aromatic N) is 4. The molecule has 0 spiro atoms. The smallest absolute Gasteiger partial charge is 0.274 e. The second-order valence-corrected chi connectivity index (χ2v) is 7.76. The molecule has 2 unspecified atom stereocenters. The van der Waals surface area contributed by atoms with Gasteiger partial charge in [0.1, 0.15) is 0 Å². The molecule has 2 fully saturated rings. The summed E-state index contributed by atoms with van der Waals surface area (Å²) < 4.78 is 0. The average molecular weight is 358 g/mol. The maximum atomic E-state index is 12.9. The minimum atomic E-state index is 0.0448. The van der Waals surface area contributed by atoms with Crippen molar-refractivity contribution in [2.24, 2.45) is 5.92 Å². The van der Waals surface area contributed by atoms with E-state index in [1.807, 2.05) is 12.4 Å². The summed E-state index contributed by atoms with van der Waals surface area (Å²) in [7, 11) is 0. The first kappa shape index (κ1) is 16.4. The highest BCUT2D eigenvalue weighted by Gasteiger charge is 2.43. The summed E-state index contributed by atoms with van der Waals surface area (Å²) in [6.45, 7) is 0. The number of piperidine rings is 1. The Labute approximate surface area is 158 Å². The average Bonchev–Trinajstić information content (AvgIpc) is 2.99. The highest BCUT2D eigenvalue weighted by atomic mass is 16.2. The van der Waals surface area contributed by atoms with E-state index in [2.05, 4.69) is 44.3 Å². The molecule has 2 saturated heterocycles. The van der Waals surface area contributed by atoms with E-state index in [0.29, 0.717) is 23.7 Å². The van der Waals surface area contributed by atoms with E-state index >= 15 is 0 Å². The molecular formula is C22H22N4O. The molecule has 2 aromatic heterocycles. The molecule has 2 aliphatic rings. The highest BCUT2D eigenvalue weighted by Crippen LogP contribution is 2.41. The van der Waals surface area contributed by atoms with Crippen molar-refractivity contribution in [2.45, 2.75) is 44.2 Å². The van der Waals surface area contributed by atoms with Crippen LogP contribution in [-0.2, 0) is 6.42 Å². The normalized spacial score (nSPS) is 24.3. The Hall–Kier alpha value is -2.82. The maximum absolute atomic E-state index is 12.9. The first-order chi connectivity index (χ1) is 13.3. The lowest BCUT2D eigenvalue weighted by Gasteiger charge is -2.39. The number of pyridine rings is 1. The Bertz CT molecular complexity index is 955. The van der Waals surface area contributed by atoms with Gasteiger partial charge in [0.2, 0.25) is 0 Å². The third kappa shape index (κ3) is 2.97. The Morgan fingerprint density at radius 2 is 1.89 bits per heavy atom. The van der Waals surface area contributed by atoms with E-state index in [1.165, 1.54) is 16.3 Å². The van der Waals surface area contributed by atoms with Crippen molar-refractivity contribution in [3.05, 3.63) is 66.2 Å². The van der Waals surface area contributed by atoms with Gasteiger partial charge in [0.25, 0.3) is 5.91 Å². The van der Waals surface area contributed by atoms with Gasteiger partial charge in [-0.25, -0.2) is 0 Å². The number of rotatable bonds is 3. The van der Waals surface area contributed by atoms with Crippen LogP contribution in [0.4, 0.5) is 0 Å². The number of aromatic nitrogens is 3. The fourth-order valence-corrected chi connectivity index (χ4v) is 5.00. The molecule has 3 aromatic rings. The molecular weight excluding hydrogens is 336 g/mol. The first-order valence-electron chi connectivity index (χ1n) is 9.71. The Morgan fingerprint density at radius 1 is 1.04 bits per heavy atom. The summed E-state index contributed by atoms with van der Waals surface area (Å²) in [5, 5.41) is 10.4. The molecule has 2 aliphatic heterocycles. The second-order valence-electron chi connectivity index (χ2n) is 7.76. The molecule has 2 bridgehead atoms. The lowest BCUT2D eigenvalue weighted by atomic mass is 9.84. The van der Waals surface area contributed by atoms with Gasteiger partial charge in [0.15, 0.2) is 5.69 Å². The Balaban J connectivity index is 1.35. The van der Waals surface area contributed by atoms with Crippen LogP contribution >= 0.6 is 0 Å². The number of carbonyl (C=O) groups is 1. The van der Waals surface area contributed by atoms with Crippen molar-refractivity contribution < 1.29 is 4.79 Å². The Morgan fingerprint density at radius 3 is 2.67 bits per heavy atom. The molecule has 0 N–H and O–H groups in total. The fraction of sp³-hybridized carbons (Fsp3) is 0.364. The number of hydrogen-bond acceptors (Lipinski definition) is 4. The fourth-order valence-electron chi connectivity index (χ4n) is 5.00. The van der Waals surface area contributed by atoms with Crippen molar-refractivity contribution in [3.8, 4) is 0 Å². The van der Waals surface area contributed by atoms with E-state index in [1.54, 1.807) is 18.3 Å². The van der Waals surface area contributed by atoms with Crippen LogP contribution in [0.2, 0.25) is 0 Å². The van der Waals surface area contributed by atoms with Gasteiger partial charge in [-0.15, -0.1) is 5.10 Å². The minimum absolute atomic E-state index is 0.0448. The molecule has 1 amide bonds. The van der Waals surface area contributed by atoms with E-state index in [-0.39, 0.29) is 5.91 Å². The van der Waals surface area contributed by atoms with Gasteiger partial charge in [-0.05, 0) is 67.2 Å². The van der Waals surface area contributed by atoms with Gasteiger partial charge in [-0.3, -0.25) is 9.78 Å². The largest absolute Gasteiger partial charge is 0.331 e. The summed E-state index contributed by atoms with van der Waals surface area (Å²) in [5.74, 6) is 0.655. The third-order valence-corrected chi connectivity index (χ3v) is 6.14. The molecule has 0 aliphatic carbocycles. The van der Waals surface area contributed by atoms with Gasteiger partial charge in [-0.2, -0.15) is 5.10 Å². The number of fused-ring (bicyclic) bond motifs is 3. The van der Waals surface area contributed by atoms with Crippen LogP contribution in [0, 0.1) is 5.92 Å². The zero-order chi connectivity index (χ0) is 18.2. The van der Waals surface area contributed by atoms with E-state index < -0.39 is 0 Å². The van der Waals surface area contributed by atoms with Crippen molar-refractivity contribution in [1.82, 2.24) is 20.1 Å². The zero-order valence-corrected chi connectivity index (χ0v) is 15.2. The quantitative estimate of drug-likeness (QED) is 0.717. The molecule has 4 heterocycles. The van der Waals surface area contributed by atoms with Crippen LogP contribution in [0.3, 0.4) is 0 Å². The standard InChI is InChI=1S/C22H22N4O/c27-22(21-5-2-9-24-25-21)26-18-6-7-19(26)13-15(12-18)11-17-4-1-3-16-8-10-23-14-20(16)17/h1-5,8-10,14-15,18-19H,6-7,11-13H2. The molecule has 5 heteroatoms. The van der Waals surface area contributed by atoms with Gasteiger partial charge in [0, 0.05) is 36.1 Å². The van der Waals surface area contributed by atoms with Crippen molar-refractivity contribution in [3.63, 3.8) is 0 Å². The Kier molecular flexibility index (Phi) is 4.07. The lowest BCUT2D eigenvalue weighted by Crippen LogP contribution is -2.47. The second kappa shape index (κ2) is 6.72. The SMILES string of the molecule is O=C(c1cccnn1)N1C2CCC1CC(Cc1cccc3ccncc13)C2. The summed E-state index contributed by atoms with van der Waals surface area (Å²) >= 11 is 0. The summed E-state index contributed by atoms with van der Waals surface area (Å²) in [5.41, 5.74) is 1.84. The highest BCUT2D eigenvalue weighted by molar-refractivity contribution is 5.92. The van der Waals surface area contributed by atoms with Crippen molar-refractivity contribution >= 4 is 16.7 Å². The van der Waals surface area contributed by atoms with Crippen LogP contribution in [0.5, 0.6) is 0 Å². The predicted octanol–water partition coefficient (Wildman–Crippen LogP) is 3.65. The van der Waals surface area contributed by atoms with Crippen LogP contribution < -0.4 is 0 Å².